The van der Waals surface area contributed by atoms with E-state index in [1.807, 2.05) is 0 Å². The van der Waals surface area contributed by atoms with Crippen LogP contribution in [0.3, 0.4) is 0 Å². The van der Waals surface area contributed by atoms with Crippen LogP contribution in [0.15, 0.2) is 24.3 Å². The van der Waals surface area contributed by atoms with Crippen molar-refractivity contribution in [2.45, 2.75) is 51.9 Å². The number of rotatable bonds is 5. The molecule has 0 saturated carbocycles. The number of halogens is 1. The molecule has 1 amide bonds. The molecule has 0 fully saturated rings. The topological polar surface area (TPSA) is 58.6 Å². The van der Waals surface area contributed by atoms with Crippen molar-refractivity contribution in [3.63, 3.8) is 0 Å². The normalized spacial score (nSPS) is 13.8. The number of para-hydroxylation sites is 1. The Labute approximate surface area is 125 Å². The van der Waals surface area contributed by atoms with Crippen molar-refractivity contribution < 1.29 is 14.6 Å². The molecule has 1 aromatic rings. The maximum Gasteiger partial charge on any atom is 0.261 e. The summed E-state index contributed by atoms with van der Waals surface area (Å²) in [6, 6.07) is 6.97. The monoisotopic (exact) mass is 299 g/mol. The highest BCUT2D eigenvalue weighted by atomic mass is 35.5. The second-order valence-electron chi connectivity index (χ2n) is 5.86. The summed E-state index contributed by atoms with van der Waals surface area (Å²) in [5.74, 6) is 0.148. The van der Waals surface area contributed by atoms with Crippen LogP contribution >= 0.6 is 11.6 Å². The molecule has 1 rings (SSSR count). The first-order chi connectivity index (χ1) is 9.04. The molecule has 2 N–H and O–H groups in total. The van der Waals surface area contributed by atoms with Crippen molar-refractivity contribution >= 4 is 17.5 Å². The van der Waals surface area contributed by atoms with Crippen LogP contribution in [0.5, 0.6) is 5.75 Å². The molecule has 0 saturated heterocycles. The molecule has 112 valence electrons. The molecule has 1 unspecified atom stereocenters. The second kappa shape index (κ2) is 6.02. The summed E-state index contributed by atoms with van der Waals surface area (Å²) in [6.45, 7) is 8.44. The Morgan fingerprint density at radius 2 is 1.85 bits per heavy atom. The highest BCUT2D eigenvalue weighted by Gasteiger charge is 2.37. The van der Waals surface area contributed by atoms with Gasteiger partial charge in [-0.15, -0.1) is 0 Å². The van der Waals surface area contributed by atoms with Crippen molar-refractivity contribution in [2.24, 2.45) is 0 Å². The zero-order chi connectivity index (χ0) is 15.6. The fourth-order valence-electron chi connectivity index (χ4n) is 1.35. The van der Waals surface area contributed by atoms with E-state index in [0.717, 1.165) is 0 Å². The summed E-state index contributed by atoms with van der Waals surface area (Å²) in [5.41, 5.74) is -1.82. The number of ether oxygens (including phenoxy) is 1. The highest BCUT2D eigenvalue weighted by molar-refractivity contribution is 6.32. The van der Waals surface area contributed by atoms with Gasteiger partial charge in [-0.2, -0.15) is 0 Å². The molecule has 0 aliphatic heterocycles. The number of aliphatic hydroxyl groups is 1. The maximum absolute atomic E-state index is 12.1. The minimum atomic E-state index is -1.05. The van der Waals surface area contributed by atoms with Gasteiger partial charge < -0.3 is 15.2 Å². The van der Waals surface area contributed by atoms with Crippen molar-refractivity contribution in [2.75, 3.05) is 0 Å². The van der Waals surface area contributed by atoms with Crippen LogP contribution < -0.4 is 10.1 Å². The molecule has 0 heterocycles. The Balaban J connectivity index is 2.72. The molecule has 1 aromatic carbocycles. The van der Waals surface area contributed by atoms with E-state index < -0.39 is 17.2 Å². The van der Waals surface area contributed by atoms with E-state index in [1.54, 1.807) is 58.9 Å². The van der Waals surface area contributed by atoms with Gasteiger partial charge in [0.05, 0.1) is 16.2 Å². The third-order valence-electron chi connectivity index (χ3n) is 3.47. The van der Waals surface area contributed by atoms with E-state index in [1.165, 1.54) is 0 Å². The zero-order valence-electron chi connectivity index (χ0n) is 12.5. The van der Waals surface area contributed by atoms with Gasteiger partial charge in [0, 0.05) is 0 Å². The quantitative estimate of drug-likeness (QED) is 0.879. The Hall–Kier alpha value is -1.26. The molecular weight excluding hydrogens is 278 g/mol. The number of carbonyl (C=O) groups excluding carboxylic acids is 1. The molecule has 1 atom stereocenters. The molecule has 0 aliphatic carbocycles. The minimum Gasteiger partial charge on any atom is -0.479 e. The van der Waals surface area contributed by atoms with Crippen LogP contribution in [-0.2, 0) is 4.79 Å². The van der Waals surface area contributed by atoms with Gasteiger partial charge >= 0.3 is 0 Å². The highest BCUT2D eigenvalue weighted by Crippen LogP contribution is 2.25. The van der Waals surface area contributed by atoms with Gasteiger partial charge in [0.15, 0.2) is 6.10 Å². The third-order valence-corrected chi connectivity index (χ3v) is 3.79. The summed E-state index contributed by atoms with van der Waals surface area (Å²) in [5, 5.41) is 13.3. The Kier molecular flexibility index (Phi) is 5.05. The number of nitrogens with one attached hydrogen (secondary N) is 1. The first kappa shape index (κ1) is 16.8. The number of carbonyl (C=O) groups is 1. The lowest BCUT2D eigenvalue weighted by atomic mass is 9.86. The lowest BCUT2D eigenvalue weighted by molar-refractivity contribution is -0.132. The van der Waals surface area contributed by atoms with E-state index in [2.05, 4.69) is 5.32 Å². The summed E-state index contributed by atoms with van der Waals surface area (Å²) in [7, 11) is 0. The summed E-state index contributed by atoms with van der Waals surface area (Å²) in [6.07, 6.45) is -0.712. The summed E-state index contributed by atoms with van der Waals surface area (Å²) >= 11 is 5.98. The molecule has 20 heavy (non-hydrogen) atoms. The fourth-order valence-corrected chi connectivity index (χ4v) is 1.53. The first-order valence-electron chi connectivity index (χ1n) is 6.50. The largest absolute Gasteiger partial charge is 0.479 e. The number of hydrogen-bond acceptors (Lipinski definition) is 3. The molecular formula is C15H22ClNO3. The van der Waals surface area contributed by atoms with Crippen LogP contribution in [0.1, 0.15) is 34.6 Å². The lowest BCUT2D eigenvalue weighted by Gasteiger charge is -2.38. The van der Waals surface area contributed by atoms with Gasteiger partial charge in [-0.3, -0.25) is 4.79 Å². The van der Waals surface area contributed by atoms with E-state index in [4.69, 9.17) is 16.3 Å². The van der Waals surface area contributed by atoms with E-state index in [-0.39, 0.29) is 5.91 Å². The van der Waals surface area contributed by atoms with Gasteiger partial charge in [-0.05, 0) is 46.8 Å². The predicted molar refractivity (Wildman–Crippen MR) is 80.1 cm³/mol. The van der Waals surface area contributed by atoms with Crippen LogP contribution in [0.25, 0.3) is 0 Å². The Morgan fingerprint density at radius 1 is 1.30 bits per heavy atom. The number of benzene rings is 1. The van der Waals surface area contributed by atoms with Gasteiger partial charge in [-0.1, -0.05) is 23.7 Å². The number of hydrogen-bond donors (Lipinski definition) is 2. The zero-order valence-corrected chi connectivity index (χ0v) is 13.3. The molecule has 5 heteroatoms. The van der Waals surface area contributed by atoms with Crippen LogP contribution in [0.4, 0.5) is 0 Å². The van der Waals surface area contributed by atoms with Crippen LogP contribution in [0.2, 0.25) is 5.02 Å². The molecule has 0 aliphatic rings. The van der Waals surface area contributed by atoms with Crippen molar-refractivity contribution in [3.8, 4) is 5.75 Å². The molecule has 0 bridgehead atoms. The molecule has 4 nitrogen and oxygen atoms in total. The fraction of sp³-hybridized carbons (Fsp3) is 0.533. The smallest absolute Gasteiger partial charge is 0.261 e. The van der Waals surface area contributed by atoms with Crippen molar-refractivity contribution in [1.82, 2.24) is 5.32 Å². The molecule has 0 aromatic heterocycles. The average Bonchev–Trinajstić information content (AvgIpc) is 2.30. The third kappa shape index (κ3) is 4.12. The van der Waals surface area contributed by atoms with E-state index >= 15 is 0 Å². The number of amides is 1. The molecule has 0 spiro atoms. The minimum absolute atomic E-state index is 0.308. The maximum atomic E-state index is 12.1. The first-order valence-corrected chi connectivity index (χ1v) is 6.88. The van der Waals surface area contributed by atoms with E-state index in [0.29, 0.717) is 10.8 Å². The average molecular weight is 300 g/mol. The Morgan fingerprint density at radius 3 is 2.35 bits per heavy atom. The van der Waals surface area contributed by atoms with Gasteiger partial charge in [0.1, 0.15) is 5.75 Å². The van der Waals surface area contributed by atoms with Gasteiger partial charge in [0.2, 0.25) is 0 Å². The second-order valence-corrected chi connectivity index (χ2v) is 6.27. The lowest BCUT2D eigenvalue weighted by Crippen LogP contribution is -2.59. The van der Waals surface area contributed by atoms with Crippen molar-refractivity contribution in [1.29, 1.82) is 0 Å². The standard InChI is InChI=1S/C15H22ClNO3/c1-10(20-12-9-7-6-8-11(12)16)13(18)17-14(2,3)15(4,5)19/h6-10,19H,1-5H3,(H,17,18). The molecule has 0 radical (unpaired) electrons. The van der Waals surface area contributed by atoms with Crippen LogP contribution in [-0.4, -0.2) is 28.3 Å². The van der Waals surface area contributed by atoms with E-state index in [9.17, 15) is 9.90 Å². The van der Waals surface area contributed by atoms with Crippen molar-refractivity contribution in [3.05, 3.63) is 29.3 Å². The van der Waals surface area contributed by atoms with Crippen LogP contribution in [0, 0.1) is 0 Å². The Bertz CT molecular complexity index is 480. The SMILES string of the molecule is CC(Oc1ccccc1Cl)C(=O)NC(C)(C)C(C)(C)O. The summed E-state index contributed by atoms with van der Waals surface area (Å²) < 4.78 is 5.54. The van der Waals surface area contributed by atoms with Gasteiger partial charge in [-0.25, -0.2) is 0 Å². The predicted octanol–water partition coefficient (Wildman–Crippen LogP) is 2.77. The van der Waals surface area contributed by atoms with Gasteiger partial charge in [0.25, 0.3) is 5.91 Å². The summed E-state index contributed by atoms with van der Waals surface area (Å²) in [4.78, 5) is 12.1.